The Kier molecular flexibility index (Phi) is 9.22. The number of amides is 1. The van der Waals surface area contributed by atoms with E-state index in [1.54, 1.807) is 7.11 Å². The van der Waals surface area contributed by atoms with Crippen molar-refractivity contribution in [2.45, 2.75) is 71.9 Å². The van der Waals surface area contributed by atoms with Crippen LogP contribution in [0.4, 0.5) is 4.79 Å². The standard InChI is InChI=1S/C28H42N2O5/c1-17(2)21(14-24(29-28(32)33)26-15-22(18(3)4)27(31)35-26)12-19-9-10-25-23(13-19)20(16-30(25)5)8-7-11-34-6/h9-10,13,16-18,21-22,24,26,29H,7-8,11-12,14-15H2,1-6H3,(H,32,33)/t21-,22+,24+,26+/m1/s1. The molecule has 1 saturated heterocycles. The van der Waals surface area contributed by atoms with Gasteiger partial charge >= 0.3 is 12.1 Å². The number of benzene rings is 1. The van der Waals surface area contributed by atoms with E-state index in [-0.39, 0.29) is 23.7 Å². The fraction of sp³-hybridized carbons (Fsp3) is 0.643. The molecule has 0 saturated carbocycles. The molecule has 0 radical (unpaired) electrons. The van der Waals surface area contributed by atoms with E-state index in [1.165, 1.54) is 22.0 Å². The van der Waals surface area contributed by atoms with Crippen LogP contribution in [0.2, 0.25) is 0 Å². The van der Waals surface area contributed by atoms with Gasteiger partial charge < -0.3 is 24.5 Å². The van der Waals surface area contributed by atoms with Crippen LogP contribution in [0.15, 0.2) is 24.4 Å². The number of hydrogen-bond donors (Lipinski definition) is 2. The van der Waals surface area contributed by atoms with Crippen molar-refractivity contribution in [3.05, 3.63) is 35.5 Å². The maximum absolute atomic E-state index is 12.4. The molecule has 194 valence electrons. The van der Waals surface area contributed by atoms with Gasteiger partial charge in [0.2, 0.25) is 0 Å². The van der Waals surface area contributed by atoms with E-state index in [2.05, 4.69) is 55.2 Å². The molecule has 2 heterocycles. The zero-order chi connectivity index (χ0) is 25.7. The number of cyclic esters (lactones) is 1. The third kappa shape index (κ3) is 6.78. The fourth-order valence-corrected chi connectivity index (χ4v) is 5.36. The number of nitrogens with zero attached hydrogens (tertiary/aromatic N) is 1. The summed E-state index contributed by atoms with van der Waals surface area (Å²) in [6.45, 7) is 9.11. The molecule has 2 N–H and O–H groups in total. The zero-order valence-corrected chi connectivity index (χ0v) is 22.0. The summed E-state index contributed by atoms with van der Waals surface area (Å²) in [5.74, 6) is 0.376. The van der Waals surface area contributed by atoms with Gasteiger partial charge in [0.15, 0.2) is 0 Å². The Morgan fingerprint density at radius 2 is 2.03 bits per heavy atom. The minimum atomic E-state index is -1.08. The van der Waals surface area contributed by atoms with Crippen molar-refractivity contribution >= 4 is 23.0 Å². The monoisotopic (exact) mass is 486 g/mol. The van der Waals surface area contributed by atoms with Gasteiger partial charge in [0, 0.05) is 37.9 Å². The molecule has 7 heteroatoms. The lowest BCUT2D eigenvalue weighted by atomic mass is 9.81. The second-order valence-corrected chi connectivity index (χ2v) is 10.8. The van der Waals surface area contributed by atoms with Crippen LogP contribution in [0.1, 0.15) is 58.1 Å². The number of carbonyl (C=O) groups excluding carboxylic acids is 1. The zero-order valence-electron chi connectivity index (χ0n) is 22.0. The van der Waals surface area contributed by atoms with Gasteiger partial charge in [-0.15, -0.1) is 0 Å². The second kappa shape index (κ2) is 11.9. The summed E-state index contributed by atoms with van der Waals surface area (Å²) in [7, 11) is 3.81. The maximum atomic E-state index is 12.4. The molecule has 0 unspecified atom stereocenters. The average molecular weight is 487 g/mol. The minimum absolute atomic E-state index is 0.174. The number of aromatic nitrogens is 1. The molecule has 1 fully saturated rings. The largest absolute Gasteiger partial charge is 0.465 e. The lowest BCUT2D eigenvalue weighted by Gasteiger charge is -2.29. The maximum Gasteiger partial charge on any atom is 0.405 e. The molecule has 0 bridgehead atoms. The SMILES string of the molecule is COCCCc1cn(C)c2ccc(C[C@H](C[C@H](NC(=O)O)[C@@H]3C[C@@H](C(C)C)C(=O)O3)C(C)C)cc12. The summed E-state index contributed by atoms with van der Waals surface area (Å²) in [5.41, 5.74) is 3.78. The molecular weight excluding hydrogens is 444 g/mol. The quantitative estimate of drug-likeness (QED) is 0.318. The number of carboxylic acid groups (broad SMARTS) is 1. The Balaban J connectivity index is 1.80. The van der Waals surface area contributed by atoms with Crippen LogP contribution in [-0.2, 0) is 34.2 Å². The number of carbonyl (C=O) groups is 2. The van der Waals surface area contributed by atoms with Gasteiger partial charge in [-0.25, -0.2) is 4.79 Å². The van der Waals surface area contributed by atoms with Gasteiger partial charge in [-0.1, -0.05) is 33.8 Å². The van der Waals surface area contributed by atoms with Gasteiger partial charge in [0.05, 0.1) is 12.0 Å². The van der Waals surface area contributed by atoms with E-state index in [0.717, 1.165) is 25.9 Å². The van der Waals surface area contributed by atoms with Crippen LogP contribution >= 0.6 is 0 Å². The number of methoxy groups -OCH3 is 1. The van der Waals surface area contributed by atoms with Crippen molar-refractivity contribution in [1.82, 2.24) is 9.88 Å². The predicted molar refractivity (Wildman–Crippen MR) is 138 cm³/mol. The highest BCUT2D eigenvalue weighted by atomic mass is 16.6. The Labute approximate surface area is 209 Å². The Morgan fingerprint density at radius 1 is 1.29 bits per heavy atom. The van der Waals surface area contributed by atoms with Crippen LogP contribution in [0.5, 0.6) is 0 Å². The van der Waals surface area contributed by atoms with Crippen molar-refractivity contribution < 1.29 is 24.2 Å². The Bertz CT molecular complexity index is 1010. The molecule has 1 aliphatic rings. The molecule has 1 aromatic carbocycles. The molecule has 4 atom stereocenters. The third-order valence-corrected chi connectivity index (χ3v) is 7.55. The van der Waals surface area contributed by atoms with Crippen LogP contribution in [-0.4, -0.2) is 47.6 Å². The van der Waals surface area contributed by atoms with E-state index in [4.69, 9.17) is 9.47 Å². The molecule has 2 aromatic rings. The van der Waals surface area contributed by atoms with Crippen molar-refractivity contribution in [2.75, 3.05) is 13.7 Å². The summed E-state index contributed by atoms with van der Waals surface area (Å²) in [5, 5.41) is 13.4. The van der Waals surface area contributed by atoms with Crippen LogP contribution in [0, 0.1) is 23.7 Å². The summed E-state index contributed by atoms with van der Waals surface area (Å²) >= 11 is 0. The number of aryl methyl sites for hydroxylation is 2. The average Bonchev–Trinajstić information content (AvgIpc) is 3.32. The van der Waals surface area contributed by atoms with Crippen molar-refractivity contribution in [1.29, 1.82) is 0 Å². The van der Waals surface area contributed by atoms with E-state index in [1.807, 2.05) is 13.8 Å². The summed E-state index contributed by atoms with van der Waals surface area (Å²) in [4.78, 5) is 24.0. The highest BCUT2D eigenvalue weighted by Gasteiger charge is 2.41. The smallest absolute Gasteiger partial charge is 0.405 e. The Hall–Kier alpha value is -2.54. The minimum Gasteiger partial charge on any atom is -0.465 e. The van der Waals surface area contributed by atoms with E-state index >= 15 is 0 Å². The molecule has 0 spiro atoms. The second-order valence-electron chi connectivity index (χ2n) is 10.8. The molecule has 1 amide bonds. The molecule has 35 heavy (non-hydrogen) atoms. The molecule has 7 nitrogen and oxygen atoms in total. The normalized spacial score (nSPS) is 19.9. The number of hydrogen-bond acceptors (Lipinski definition) is 4. The van der Waals surface area contributed by atoms with Crippen LogP contribution in [0.25, 0.3) is 10.9 Å². The summed E-state index contributed by atoms with van der Waals surface area (Å²) < 4.78 is 13.1. The topological polar surface area (TPSA) is 89.8 Å². The number of ether oxygens (including phenoxy) is 2. The third-order valence-electron chi connectivity index (χ3n) is 7.55. The number of nitrogens with one attached hydrogen (secondary N) is 1. The Morgan fingerprint density at radius 3 is 2.63 bits per heavy atom. The van der Waals surface area contributed by atoms with Crippen molar-refractivity contribution in [2.24, 2.45) is 30.7 Å². The first-order chi connectivity index (χ1) is 16.6. The molecule has 1 aromatic heterocycles. The van der Waals surface area contributed by atoms with E-state index < -0.39 is 18.2 Å². The van der Waals surface area contributed by atoms with Crippen LogP contribution < -0.4 is 5.32 Å². The first kappa shape index (κ1) is 27.1. The van der Waals surface area contributed by atoms with Crippen molar-refractivity contribution in [3.63, 3.8) is 0 Å². The van der Waals surface area contributed by atoms with Crippen molar-refractivity contribution in [3.8, 4) is 0 Å². The fourth-order valence-electron chi connectivity index (χ4n) is 5.36. The predicted octanol–water partition coefficient (Wildman–Crippen LogP) is 5.19. The van der Waals surface area contributed by atoms with Gasteiger partial charge in [-0.05, 0) is 73.1 Å². The van der Waals surface area contributed by atoms with Gasteiger partial charge in [0.1, 0.15) is 6.10 Å². The molecule has 1 aliphatic heterocycles. The van der Waals surface area contributed by atoms with Gasteiger partial charge in [-0.3, -0.25) is 4.79 Å². The first-order valence-electron chi connectivity index (χ1n) is 12.9. The van der Waals surface area contributed by atoms with E-state index in [9.17, 15) is 14.7 Å². The highest BCUT2D eigenvalue weighted by Crippen LogP contribution is 2.33. The lowest BCUT2D eigenvalue weighted by molar-refractivity contribution is -0.146. The number of fused-ring (bicyclic) bond motifs is 1. The molecule has 0 aliphatic carbocycles. The highest BCUT2D eigenvalue weighted by molar-refractivity contribution is 5.84. The van der Waals surface area contributed by atoms with E-state index in [0.29, 0.717) is 18.8 Å². The van der Waals surface area contributed by atoms with Crippen LogP contribution in [0.3, 0.4) is 0 Å². The number of rotatable bonds is 12. The van der Waals surface area contributed by atoms with Gasteiger partial charge in [0.25, 0.3) is 0 Å². The lowest BCUT2D eigenvalue weighted by Crippen LogP contribution is -2.44. The van der Waals surface area contributed by atoms with Gasteiger partial charge in [-0.2, -0.15) is 0 Å². The summed E-state index contributed by atoms with van der Waals surface area (Å²) in [6.07, 6.45) is 4.69. The molecular formula is C28H42N2O5. The number of esters is 1. The molecule has 3 rings (SSSR count). The first-order valence-corrected chi connectivity index (χ1v) is 12.9. The summed E-state index contributed by atoms with van der Waals surface area (Å²) in [6, 6.07) is 6.23.